The summed E-state index contributed by atoms with van der Waals surface area (Å²) in [5, 5.41) is 0.964. The fourth-order valence-corrected chi connectivity index (χ4v) is 2.96. The highest BCUT2D eigenvalue weighted by molar-refractivity contribution is 6.34. The summed E-state index contributed by atoms with van der Waals surface area (Å²) in [5.74, 6) is 0.456. The molecule has 1 aliphatic heterocycles. The number of piperidine rings is 1. The lowest BCUT2D eigenvalue weighted by molar-refractivity contribution is -0.136. The number of rotatable bonds is 7. The van der Waals surface area contributed by atoms with Crippen molar-refractivity contribution < 1.29 is 14.3 Å². The zero-order valence-corrected chi connectivity index (χ0v) is 15.7. The summed E-state index contributed by atoms with van der Waals surface area (Å²) in [6.45, 7) is 2.68. The van der Waals surface area contributed by atoms with Gasteiger partial charge >= 0.3 is 0 Å². The number of carbonyl (C=O) groups excluding carboxylic acids is 1. The molecule has 0 atom stereocenters. The van der Waals surface area contributed by atoms with Crippen LogP contribution in [0.2, 0.25) is 10.0 Å². The highest BCUT2D eigenvalue weighted by Crippen LogP contribution is 2.24. The van der Waals surface area contributed by atoms with Crippen molar-refractivity contribution in [2.75, 3.05) is 32.8 Å². The second kappa shape index (κ2) is 11.0. The van der Waals surface area contributed by atoms with Gasteiger partial charge in [0.1, 0.15) is 5.75 Å². The molecule has 0 saturated carbocycles. The molecule has 136 valence electrons. The molecular weight excluding hydrogens is 375 g/mol. The molecular formula is C16H23Cl3N2O3. The highest BCUT2D eigenvalue weighted by atomic mass is 35.5. The van der Waals surface area contributed by atoms with Crippen molar-refractivity contribution in [3.05, 3.63) is 28.2 Å². The van der Waals surface area contributed by atoms with Crippen LogP contribution in [0.3, 0.4) is 0 Å². The molecule has 1 aliphatic rings. The third-order valence-electron chi connectivity index (χ3n) is 3.70. The Bertz CT molecular complexity index is 503. The number of carbonyl (C=O) groups is 1. The van der Waals surface area contributed by atoms with Gasteiger partial charge in [-0.25, -0.2) is 0 Å². The Morgan fingerprint density at radius 3 is 2.42 bits per heavy atom. The van der Waals surface area contributed by atoms with E-state index in [1.54, 1.807) is 23.1 Å². The first kappa shape index (κ1) is 21.3. The largest absolute Gasteiger partial charge is 0.484 e. The number of amides is 1. The molecule has 0 bridgehead atoms. The van der Waals surface area contributed by atoms with Crippen LogP contribution < -0.4 is 10.5 Å². The molecule has 8 heteroatoms. The molecule has 24 heavy (non-hydrogen) atoms. The van der Waals surface area contributed by atoms with Gasteiger partial charge in [0.15, 0.2) is 6.61 Å². The number of likely N-dealkylation sites (tertiary alicyclic amines) is 1. The Morgan fingerprint density at radius 2 is 1.83 bits per heavy atom. The maximum atomic E-state index is 12.2. The first-order chi connectivity index (χ1) is 11.1. The molecule has 2 rings (SSSR count). The second-order valence-electron chi connectivity index (χ2n) is 5.49. The molecule has 1 aromatic carbocycles. The quantitative estimate of drug-likeness (QED) is 0.718. The van der Waals surface area contributed by atoms with E-state index in [0.717, 1.165) is 19.3 Å². The Balaban J connectivity index is 0.00000288. The average Bonchev–Trinajstić information content (AvgIpc) is 2.53. The van der Waals surface area contributed by atoms with E-state index in [1.807, 2.05) is 0 Å². The monoisotopic (exact) mass is 396 g/mol. The minimum Gasteiger partial charge on any atom is -0.484 e. The van der Waals surface area contributed by atoms with Crippen LogP contribution in [0.15, 0.2) is 18.2 Å². The van der Waals surface area contributed by atoms with E-state index in [-0.39, 0.29) is 31.0 Å². The van der Waals surface area contributed by atoms with Crippen LogP contribution in [0.4, 0.5) is 0 Å². The minimum absolute atomic E-state index is 0. The number of ether oxygens (including phenoxy) is 2. The van der Waals surface area contributed by atoms with Crippen LogP contribution >= 0.6 is 35.6 Å². The van der Waals surface area contributed by atoms with Gasteiger partial charge in [-0.3, -0.25) is 4.79 Å². The first-order valence-corrected chi connectivity index (χ1v) is 8.52. The molecule has 0 spiro atoms. The highest BCUT2D eigenvalue weighted by Gasteiger charge is 2.23. The van der Waals surface area contributed by atoms with Crippen molar-refractivity contribution in [3.8, 4) is 5.75 Å². The molecule has 0 unspecified atom stereocenters. The van der Waals surface area contributed by atoms with Crippen molar-refractivity contribution in [1.29, 1.82) is 0 Å². The van der Waals surface area contributed by atoms with Crippen molar-refractivity contribution >= 4 is 41.5 Å². The zero-order chi connectivity index (χ0) is 16.7. The topological polar surface area (TPSA) is 64.8 Å². The van der Waals surface area contributed by atoms with E-state index in [2.05, 4.69) is 0 Å². The molecule has 1 aromatic rings. The molecule has 5 nitrogen and oxygen atoms in total. The van der Waals surface area contributed by atoms with Crippen molar-refractivity contribution in [1.82, 2.24) is 4.90 Å². The molecule has 1 fully saturated rings. The van der Waals surface area contributed by atoms with E-state index in [4.69, 9.17) is 38.4 Å². The Labute approximate surface area is 158 Å². The van der Waals surface area contributed by atoms with E-state index in [0.29, 0.717) is 42.0 Å². The third kappa shape index (κ3) is 7.03. The number of halogens is 3. The van der Waals surface area contributed by atoms with Crippen molar-refractivity contribution in [2.45, 2.75) is 25.4 Å². The number of hydrogen-bond acceptors (Lipinski definition) is 4. The van der Waals surface area contributed by atoms with Gasteiger partial charge in [0.2, 0.25) is 0 Å². The van der Waals surface area contributed by atoms with Gasteiger partial charge in [-0.2, -0.15) is 0 Å². The predicted molar refractivity (Wildman–Crippen MR) is 98.4 cm³/mol. The van der Waals surface area contributed by atoms with Gasteiger partial charge in [-0.15, -0.1) is 12.4 Å². The molecule has 1 amide bonds. The standard InChI is InChI=1S/C16H22Cl2N2O3.ClH/c17-12-8-13(18)10-15(9-12)23-11-16(21)20-5-2-14(3-6-20)22-7-1-4-19;/h8-10,14H,1-7,11,19H2;1H. The first-order valence-electron chi connectivity index (χ1n) is 7.77. The maximum Gasteiger partial charge on any atom is 0.260 e. The zero-order valence-electron chi connectivity index (χ0n) is 13.4. The van der Waals surface area contributed by atoms with E-state index in [9.17, 15) is 4.79 Å². The number of nitrogens with zero attached hydrogens (tertiary/aromatic N) is 1. The third-order valence-corrected chi connectivity index (χ3v) is 4.13. The smallest absolute Gasteiger partial charge is 0.260 e. The summed E-state index contributed by atoms with van der Waals surface area (Å²) in [6, 6.07) is 4.89. The summed E-state index contributed by atoms with van der Waals surface area (Å²) in [5.41, 5.74) is 5.44. The molecule has 1 heterocycles. The van der Waals surface area contributed by atoms with Crippen LogP contribution in [0.5, 0.6) is 5.75 Å². The second-order valence-corrected chi connectivity index (χ2v) is 6.36. The lowest BCUT2D eigenvalue weighted by Gasteiger charge is -2.31. The maximum absolute atomic E-state index is 12.2. The summed E-state index contributed by atoms with van der Waals surface area (Å²) >= 11 is 11.8. The van der Waals surface area contributed by atoms with E-state index in [1.165, 1.54) is 0 Å². The summed E-state index contributed by atoms with van der Waals surface area (Å²) < 4.78 is 11.2. The fraction of sp³-hybridized carbons (Fsp3) is 0.562. The van der Waals surface area contributed by atoms with Crippen LogP contribution in [0.25, 0.3) is 0 Å². The van der Waals surface area contributed by atoms with Crippen LogP contribution in [-0.4, -0.2) is 49.8 Å². The average molecular weight is 398 g/mol. The van der Waals surface area contributed by atoms with Crippen molar-refractivity contribution in [2.24, 2.45) is 5.73 Å². The normalized spacial score (nSPS) is 15.0. The van der Waals surface area contributed by atoms with Crippen LogP contribution in [0, 0.1) is 0 Å². The van der Waals surface area contributed by atoms with Gasteiger partial charge < -0.3 is 20.1 Å². The fourth-order valence-electron chi connectivity index (χ4n) is 2.45. The SMILES string of the molecule is Cl.NCCCOC1CCN(C(=O)COc2cc(Cl)cc(Cl)c2)CC1. The lowest BCUT2D eigenvalue weighted by atomic mass is 10.1. The molecule has 1 saturated heterocycles. The summed E-state index contributed by atoms with van der Waals surface area (Å²) in [7, 11) is 0. The molecule has 0 radical (unpaired) electrons. The van der Waals surface area contributed by atoms with E-state index >= 15 is 0 Å². The summed E-state index contributed by atoms with van der Waals surface area (Å²) in [6.07, 6.45) is 2.78. The molecule has 2 N–H and O–H groups in total. The molecule has 0 aromatic heterocycles. The van der Waals surface area contributed by atoms with Crippen LogP contribution in [-0.2, 0) is 9.53 Å². The lowest BCUT2D eigenvalue weighted by Crippen LogP contribution is -2.43. The summed E-state index contributed by atoms with van der Waals surface area (Å²) in [4.78, 5) is 14.0. The van der Waals surface area contributed by atoms with Gasteiger partial charge in [0.05, 0.1) is 6.10 Å². The Morgan fingerprint density at radius 1 is 1.21 bits per heavy atom. The molecule has 0 aliphatic carbocycles. The minimum atomic E-state index is -0.0403. The van der Waals surface area contributed by atoms with Gasteiger partial charge in [-0.05, 0) is 44.0 Å². The predicted octanol–water partition coefficient (Wildman–Crippen LogP) is 3.15. The number of nitrogens with two attached hydrogens (primary N) is 1. The Kier molecular flexibility index (Phi) is 9.78. The number of hydrogen-bond donors (Lipinski definition) is 1. The van der Waals surface area contributed by atoms with E-state index < -0.39 is 0 Å². The number of benzene rings is 1. The van der Waals surface area contributed by atoms with Gasteiger partial charge in [0.25, 0.3) is 5.91 Å². The van der Waals surface area contributed by atoms with Crippen molar-refractivity contribution in [3.63, 3.8) is 0 Å². The van der Waals surface area contributed by atoms with Gasteiger partial charge in [-0.1, -0.05) is 23.2 Å². The van der Waals surface area contributed by atoms with Gasteiger partial charge in [0, 0.05) is 29.7 Å². The Hall–Kier alpha value is -0.720. The van der Waals surface area contributed by atoms with Crippen LogP contribution in [0.1, 0.15) is 19.3 Å².